The summed E-state index contributed by atoms with van der Waals surface area (Å²) in [6.45, 7) is 16.8. The van der Waals surface area contributed by atoms with E-state index in [1.165, 1.54) is 0 Å². The molecule has 0 aromatic heterocycles. The lowest BCUT2D eigenvalue weighted by molar-refractivity contribution is -0.264. The second kappa shape index (κ2) is 13.7. The minimum Gasteiger partial charge on any atom is -0.465 e. The molecule has 318 valence electrons. The Labute approximate surface area is 337 Å². The largest absolute Gasteiger partial charge is 0.465 e. The van der Waals surface area contributed by atoms with Crippen LogP contribution in [0.4, 0.5) is 0 Å². The average molecular weight is 799 g/mol. The van der Waals surface area contributed by atoms with Crippen molar-refractivity contribution in [3.63, 3.8) is 0 Å². The van der Waals surface area contributed by atoms with Gasteiger partial charge < -0.3 is 33.9 Å². The molecule has 2 N–H and O–H groups in total. The maximum Gasteiger partial charge on any atom is 0.318 e. The smallest absolute Gasteiger partial charge is 0.318 e. The van der Waals surface area contributed by atoms with E-state index < -0.39 is 81.5 Å². The summed E-state index contributed by atoms with van der Waals surface area (Å²) in [5, 5.41) is 23.1. The molecule has 12 heteroatoms. The van der Waals surface area contributed by atoms with Gasteiger partial charge in [-0.1, -0.05) is 55.4 Å². The van der Waals surface area contributed by atoms with Gasteiger partial charge in [-0.15, -0.1) is 0 Å². The van der Waals surface area contributed by atoms with Crippen LogP contribution in [-0.2, 0) is 47.7 Å². The van der Waals surface area contributed by atoms with E-state index in [0.29, 0.717) is 45.3 Å². The van der Waals surface area contributed by atoms with Gasteiger partial charge in [0.1, 0.15) is 5.60 Å². The molecule has 0 radical (unpaired) electrons. The molecule has 3 aliphatic heterocycles. The number of ether oxygens (including phenoxy) is 5. The molecule has 13 atom stereocenters. The standard InChI is InChI=1S/C45H66O12/c1-23-26-13-27(28-19-54-38(49)32(26)28)33(23)41(5,6)17-29(36(47)55-31-11-9-10-12-53-31)40(3,4)18-30(42(7,8)34-24(2)35(46)56-39(34)50)37(48)57-45-16-25-14-43(51,21-45)20-44(52,15-25)22-45/h23-34,51-52H,9-22H2,1-8H3. The number of fused-ring (bicyclic) bond motifs is 5. The Balaban J connectivity index is 1.12. The van der Waals surface area contributed by atoms with Crippen LogP contribution >= 0.6 is 0 Å². The fourth-order valence-electron chi connectivity index (χ4n) is 15.1. The highest BCUT2D eigenvalue weighted by Crippen LogP contribution is 2.66. The number of carbonyl (C=O) groups excluding carboxylic acids is 5. The number of esters is 5. The fraction of sp³-hybridized carbons (Fsp3) is 0.889. The van der Waals surface area contributed by atoms with E-state index in [-0.39, 0.29) is 78.5 Å². The maximum atomic E-state index is 15.1. The van der Waals surface area contributed by atoms with Crippen LogP contribution in [0.3, 0.4) is 0 Å². The molecule has 9 fully saturated rings. The molecular weight excluding hydrogens is 732 g/mol. The molecule has 6 bridgehead atoms. The number of carbonyl (C=O) groups is 5. The van der Waals surface area contributed by atoms with Crippen molar-refractivity contribution in [2.75, 3.05) is 13.2 Å². The van der Waals surface area contributed by atoms with E-state index in [9.17, 15) is 29.4 Å². The predicted molar refractivity (Wildman–Crippen MR) is 203 cm³/mol. The van der Waals surface area contributed by atoms with Crippen LogP contribution in [0, 0.1) is 81.3 Å². The molecule has 3 heterocycles. The first-order chi connectivity index (χ1) is 26.5. The van der Waals surface area contributed by atoms with Crippen LogP contribution in [-0.4, -0.2) is 76.4 Å². The summed E-state index contributed by atoms with van der Waals surface area (Å²) in [5.74, 6) is -4.67. The van der Waals surface area contributed by atoms with Crippen molar-refractivity contribution in [1.29, 1.82) is 0 Å². The Kier molecular flexibility index (Phi) is 9.92. The summed E-state index contributed by atoms with van der Waals surface area (Å²) >= 11 is 0. The van der Waals surface area contributed by atoms with E-state index in [0.717, 1.165) is 19.3 Å². The molecule has 9 rings (SSSR count). The number of hydrogen-bond acceptors (Lipinski definition) is 12. The summed E-state index contributed by atoms with van der Waals surface area (Å²) in [4.78, 5) is 68.8. The predicted octanol–water partition coefficient (Wildman–Crippen LogP) is 5.92. The molecule has 3 saturated heterocycles. The van der Waals surface area contributed by atoms with E-state index in [2.05, 4.69) is 20.8 Å². The first-order valence-electron chi connectivity index (χ1n) is 21.9. The van der Waals surface area contributed by atoms with Crippen LogP contribution < -0.4 is 0 Å². The van der Waals surface area contributed by atoms with Crippen LogP contribution in [0.1, 0.15) is 132 Å². The fourth-order valence-corrected chi connectivity index (χ4v) is 15.1. The van der Waals surface area contributed by atoms with Gasteiger partial charge in [0.2, 0.25) is 6.29 Å². The van der Waals surface area contributed by atoms with Crippen molar-refractivity contribution < 1.29 is 57.9 Å². The molecular formula is C45H66O12. The Morgan fingerprint density at radius 2 is 1.51 bits per heavy atom. The highest BCUT2D eigenvalue weighted by Gasteiger charge is 2.67. The van der Waals surface area contributed by atoms with Gasteiger partial charge in [-0.05, 0) is 97.2 Å². The van der Waals surface area contributed by atoms with E-state index >= 15 is 4.79 Å². The maximum absolute atomic E-state index is 15.1. The van der Waals surface area contributed by atoms with Crippen molar-refractivity contribution in [2.24, 2.45) is 81.3 Å². The lowest BCUT2D eigenvalue weighted by atomic mass is 9.50. The normalized spacial score (nSPS) is 43.4. The zero-order chi connectivity index (χ0) is 41.2. The van der Waals surface area contributed by atoms with E-state index in [4.69, 9.17) is 23.7 Å². The minimum atomic E-state index is -1.16. The molecule has 6 aliphatic carbocycles. The van der Waals surface area contributed by atoms with Crippen molar-refractivity contribution in [2.45, 2.75) is 156 Å². The van der Waals surface area contributed by atoms with Gasteiger partial charge in [0.15, 0.2) is 0 Å². The van der Waals surface area contributed by atoms with E-state index in [1.54, 1.807) is 6.92 Å². The first-order valence-corrected chi connectivity index (χ1v) is 21.9. The highest BCUT2D eigenvalue weighted by atomic mass is 16.7. The first kappa shape index (κ1) is 41.2. The third-order valence-corrected chi connectivity index (χ3v) is 17.0. The van der Waals surface area contributed by atoms with Gasteiger partial charge in [-0.2, -0.15) is 0 Å². The molecule has 6 saturated carbocycles. The summed E-state index contributed by atoms with van der Waals surface area (Å²) in [6, 6.07) is 0. The second-order valence-corrected chi connectivity index (χ2v) is 22.4. The molecule has 12 nitrogen and oxygen atoms in total. The van der Waals surface area contributed by atoms with Crippen molar-refractivity contribution in [3.05, 3.63) is 0 Å². The Morgan fingerprint density at radius 1 is 0.825 bits per heavy atom. The Morgan fingerprint density at radius 3 is 2.11 bits per heavy atom. The zero-order valence-corrected chi connectivity index (χ0v) is 35.3. The number of aliphatic hydroxyl groups is 2. The quantitative estimate of drug-likeness (QED) is 0.136. The Hall–Kier alpha value is -2.57. The van der Waals surface area contributed by atoms with Crippen LogP contribution in [0.2, 0.25) is 0 Å². The Bertz CT molecular complexity index is 1660. The summed E-state index contributed by atoms with van der Waals surface area (Å²) in [7, 11) is 0. The molecule has 57 heavy (non-hydrogen) atoms. The average Bonchev–Trinajstić information content (AvgIpc) is 3.81. The lowest BCUT2D eigenvalue weighted by Crippen LogP contribution is -2.67. The van der Waals surface area contributed by atoms with Gasteiger partial charge in [-0.25, -0.2) is 0 Å². The molecule has 0 spiro atoms. The van der Waals surface area contributed by atoms with Gasteiger partial charge in [0.05, 0.1) is 54.0 Å². The summed E-state index contributed by atoms with van der Waals surface area (Å²) in [6.07, 6.45) is 5.61. The summed E-state index contributed by atoms with van der Waals surface area (Å²) in [5.41, 5.74) is -5.79. The highest BCUT2D eigenvalue weighted by molar-refractivity contribution is 5.97. The summed E-state index contributed by atoms with van der Waals surface area (Å²) < 4.78 is 29.4. The van der Waals surface area contributed by atoms with Crippen LogP contribution in [0.5, 0.6) is 0 Å². The second-order valence-electron chi connectivity index (χ2n) is 22.4. The molecule has 9 aliphatic rings. The molecule has 0 aromatic rings. The SMILES string of the molecule is CC1C(=O)OC(=O)C1C(C)(C)C(CC(C)(C)C(CC(C)(C)C1C(C)C2CC1C1COC(=O)C21)C(=O)OC1CCCCO1)C(=O)OC12CC3CC(O)(CC(O)(C3)C1)C2. The molecule has 0 amide bonds. The van der Waals surface area contributed by atoms with Crippen molar-refractivity contribution in [3.8, 4) is 0 Å². The lowest BCUT2D eigenvalue weighted by Gasteiger charge is -2.62. The number of rotatable bonds is 12. The van der Waals surface area contributed by atoms with Crippen LogP contribution in [0.15, 0.2) is 0 Å². The zero-order valence-electron chi connectivity index (χ0n) is 35.3. The molecule has 0 aromatic carbocycles. The number of hydrogen-bond donors (Lipinski definition) is 2. The third kappa shape index (κ3) is 6.97. The molecule has 13 unspecified atom stereocenters. The van der Waals surface area contributed by atoms with Gasteiger partial charge >= 0.3 is 29.8 Å². The van der Waals surface area contributed by atoms with E-state index in [1.807, 2.05) is 27.7 Å². The minimum absolute atomic E-state index is 0.00947. The number of cyclic esters (lactones) is 3. The van der Waals surface area contributed by atoms with Gasteiger partial charge in [0.25, 0.3) is 0 Å². The van der Waals surface area contributed by atoms with Gasteiger partial charge in [0, 0.05) is 31.6 Å². The van der Waals surface area contributed by atoms with Crippen molar-refractivity contribution >= 4 is 29.8 Å². The third-order valence-electron chi connectivity index (χ3n) is 17.0. The van der Waals surface area contributed by atoms with Gasteiger partial charge in [-0.3, -0.25) is 24.0 Å². The monoisotopic (exact) mass is 798 g/mol. The topological polar surface area (TPSA) is 172 Å². The van der Waals surface area contributed by atoms with Crippen molar-refractivity contribution in [1.82, 2.24) is 0 Å². The van der Waals surface area contributed by atoms with Crippen LogP contribution in [0.25, 0.3) is 0 Å².